The second-order valence-electron chi connectivity index (χ2n) is 5.95. The molecule has 1 aliphatic rings. The summed E-state index contributed by atoms with van der Waals surface area (Å²) in [6, 6.07) is 8.15. The number of hydrogen-bond acceptors (Lipinski definition) is 3. The van der Waals surface area contributed by atoms with Gasteiger partial charge in [-0.25, -0.2) is 0 Å². The maximum atomic E-state index is 12.8. The number of carbonyl (C=O) groups is 2. The Morgan fingerprint density at radius 3 is 2.62 bits per heavy atom. The average molecular weight is 363 g/mol. The van der Waals surface area contributed by atoms with Gasteiger partial charge >= 0.3 is 6.18 Å². The second kappa shape index (κ2) is 7.15. The van der Waals surface area contributed by atoms with E-state index in [2.05, 4.69) is 4.98 Å². The molecule has 1 aromatic heterocycles. The van der Waals surface area contributed by atoms with Gasteiger partial charge in [0.25, 0.3) is 0 Å². The highest BCUT2D eigenvalue weighted by molar-refractivity contribution is 5.98. The van der Waals surface area contributed by atoms with Gasteiger partial charge in [0.15, 0.2) is 0 Å². The predicted molar refractivity (Wildman–Crippen MR) is 88.3 cm³/mol. The predicted octanol–water partition coefficient (Wildman–Crippen LogP) is 2.52. The van der Waals surface area contributed by atoms with E-state index < -0.39 is 11.7 Å². The van der Waals surface area contributed by atoms with Crippen LogP contribution in [0.3, 0.4) is 0 Å². The van der Waals surface area contributed by atoms with Gasteiger partial charge in [-0.15, -0.1) is 0 Å². The lowest BCUT2D eigenvalue weighted by Crippen LogP contribution is -2.52. The molecular weight excluding hydrogens is 347 g/mol. The number of carbonyl (C=O) groups excluding carboxylic acids is 2. The van der Waals surface area contributed by atoms with Gasteiger partial charge < -0.3 is 9.80 Å². The summed E-state index contributed by atoms with van der Waals surface area (Å²) in [5.74, 6) is -0.620. The van der Waals surface area contributed by atoms with Crippen LogP contribution in [-0.2, 0) is 22.2 Å². The molecule has 5 nitrogen and oxygen atoms in total. The van der Waals surface area contributed by atoms with E-state index in [0.717, 1.165) is 12.1 Å². The summed E-state index contributed by atoms with van der Waals surface area (Å²) in [6.07, 6.45) is -1.46. The Kier molecular flexibility index (Phi) is 4.92. The molecule has 1 saturated heterocycles. The van der Waals surface area contributed by atoms with E-state index in [4.69, 9.17) is 0 Å². The van der Waals surface area contributed by atoms with Gasteiger partial charge in [0, 0.05) is 19.3 Å². The van der Waals surface area contributed by atoms with E-state index in [9.17, 15) is 22.8 Å². The van der Waals surface area contributed by atoms with E-state index in [1.807, 2.05) is 0 Å². The van der Waals surface area contributed by atoms with Crippen molar-refractivity contribution in [3.05, 3.63) is 59.9 Å². The molecule has 0 bridgehead atoms. The van der Waals surface area contributed by atoms with Crippen molar-refractivity contribution in [2.24, 2.45) is 0 Å². The fourth-order valence-electron chi connectivity index (χ4n) is 2.82. The molecule has 0 atom stereocenters. The van der Waals surface area contributed by atoms with E-state index in [-0.39, 0.29) is 30.3 Å². The lowest BCUT2D eigenvalue weighted by Gasteiger charge is -2.34. The molecule has 0 unspecified atom stereocenters. The number of nitrogens with zero attached hydrogens (tertiary/aromatic N) is 3. The largest absolute Gasteiger partial charge is 0.416 e. The van der Waals surface area contributed by atoms with Gasteiger partial charge in [-0.05, 0) is 23.8 Å². The van der Waals surface area contributed by atoms with Gasteiger partial charge in [-0.1, -0.05) is 18.2 Å². The van der Waals surface area contributed by atoms with Crippen molar-refractivity contribution < 1.29 is 22.8 Å². The fraction of sp³-hybridized carbons (Fsp3) is 0.278. The van der Waals surface area contributed by atoms with Crippen molar-refractivity contribution >= 4 is 17.5 Å². The van der Waals surface area contributed by atoms with Crippen LogP contribution in [0, 0.1) is 0 Å². The second-order valence-corrected chi connectivity index (χ2v) is 5.95. The van der Waals surface area contributed by atoms with Crippen molar-refractivity contribution in [3.63, 3.8) is 0 Å². The molecule has 0 N–H and O–H groups in total. The number of halogens is 3. The molecule has 2 aromatic rings. The highest BCUT2D eigenvalue weighted by atomic mass is 19.4. The maximum Gasteiger partial charge on any atom is 0.416 e. The van der Waals surface area contributed by atoms with Crippen molar-refractivity contribution in [2.45, 2.75) is 12.6 Å². The molecule has 136 valence electrons. The SMILES string of the molecule is O=C(Cc1cccc(C(F)(F)F)c1)N1CCN(c2cccnc2)C(=O)C1. The zero-order valence-electron chi connectivity index (χ0n) is 13.7. The third-order valence-electron chi connectivity index (χ3n) is 4.14. The molecule has 0 spiro atoms. The first-order valence-electron chi connectivity index (χ1n) is 7.99. The summed E-state index contributed by atoms with van der Waals surface area (Å²) < 4.78 is 38.3. The lowest BCUT2D eigenvalue weighted by atomic mass is 10.1. The summed E-state index contributed by atoms with van der Waals surface area (Å²) in [5, 5.41) is 0. The molecule has 0 aliphatic carbocycles. The van der Waals surface area contributed by atoms with Gasteiger partial charge in [0.1, 0.15) is 6.54 Å². The Bertz CT molecular complexity index is 809. The average Bonchev–Trinajstić information content (AvgIpc) is 2.62. The van der Waals surface area contributed by atoms with Crippen molar-refractivity contribution in [3.8, 4) is 0 Å². The molecule has 26 heavy (non-hydrogen) atoms. The Labute approximate surface area is 148 Å². The van der Waals surface area contributed by atoms with Gasteiger partial charge in [0.2, 0.25) is 11.8 Å². The highest BCUT2D eigenvalue weighted by Crippen LogP contribution is 2.29. The third kappa shape index (κ3) is 4.01. The summed E-state index contributed by atoms with van der Waals surface area (Å²) in [7, 11) is 0. The van der Waals surface area contributed by atoms with Gasteiger partial charge in [0.05, 0.1) is 23.9 Å². The molecule has 1 aromatic carbocycles. The van der Waals surface area contributed by atoms with Crippen LogP contribution in [0.4, 0.5) is 18.9 Å². The van der Waals surface area contributed by atoms with Crippen LogP contribution in [0.15, 0.2) is 48.8 Å². The number of alkyl halides is 3. The van der Waals surface area contributed by atoms with Crippen LogP contribution in [0.5, 0.6) is 0 Å². The lowest BCUT2D eigenvalue weighted by molar-refractivity contribution is -0.138. The zero-order chi connectivity index (χ0) is 18.7. The number of aromatic nitrogens is 1. The molecule has 2 heterocycles. The van der Waals surface area contributed by atoms with Gasteiger partial charge in [-0.3, -0.25) is 14.6 Å². The van der Waals surface area contributed by atoms with E-state index in [0.29, 0.717) is 18.8 Å². The molecule has 2 amide bonds. The Balaban J connectivity index is 1.64. The number of pyridine rings is 1. The first kappa shape index (κ1) is 17.9. The van der Waals surface area contributed by atoms with Crippen molar-refractivity contribution in [1.29, 1.82) is 0 Å². The Morgan fingerprint density at radius 2 is 1.96 bits per heavy atom. The molecule has 1 fully saturated rings. The molecule has 0 radical (unpaired) electrons. The van der Waals surface area contributed by atoms with Crippen LogP contribution in [0.2, 0.25) is 0 Å². The van der Waals surface area contributed by atoms with Crippen molar-refractivity contribution in [2.75, 3.05) is 24.5 Å². The maximum absolute atomic E-state index is 12.8. The number of piperazine rings is 1. The topological polar surface area (TPSA) is 53.5 Å². The van der Waals surface area contributed by atoms with Crippen LogP contribution in [0.1, 0.15) is 11.1 Å². The summed E-state index contributed by atoms with van der Waals surface area (Å²) in [4.78, 5) is 31.6. The number of amides is 2. The van der Waals surface area contributed by atoms with E-state index in [1.165, 1.54) is 17.0 Å². The highest BCUT2D eigenvalue weighted by Gasteiger charge is 2.31. The minimum atomic E-state index is -4.45. The van der Waals surface area contributed by atoms with E-state index in [1.54, 1.807) is 29.4 Å². The van der Waals surface area contributed by atoms with Crippen LogP contribution >= 0.6 is 0 Å². The molecule has 0 saturated carbocycles. The van der Waals surface area contributed by atoms with Crippen LogP contribution in [0.25, 0.3) is 0 Å². The summed E-state index contributed by atoms with van der Waals surface area (Å²) >= 11 is 0. The number of rotatable bonds is 3. The monoisotopic (exact) mass is 363 g/mol. The van der Waals surface area contributed by atoms with E-state index >= 15 is 0 Å². The first-order chi connectivity index (χ1) is 12.3. The fourth-order valence-corrected chi connectivity index (χ4v) is 2.82. The first-order valence-corrected chi connectivity index (χ1v) is 7.99. The zero-order valence-corrected chi connectivity index (χ0v) is 13.7. The molecular formula is C18H16F3N3O2. The number of hydrogen-bond donors (Lipinski definition) is 0. The molecule has 3 rings (SSSR count). The Hall–Kier alpha value is -2.90. The number of benzene rings is 1. The quantitative estimate of drug-likeness (QED) is 0.842. The Morgan fingerprint density at radius 1 is 1.15 bits per heavy atom. The normalized spacial score (nSPS) is 15.3. The molecule has 8 heteroatoms. The van der Waals surface area contributed by atoms with Crippen molar-refractivity contribution in [1.82, 2.24) is 9.88 Å². The van der Waals surface area contributed by atoms with Crippen LogP contribution in [-0.4, -0.2) is 41.3 Å². The minimum absolute atomic E-state index is 0.104. The standard InChI is InChI=1S/C18H16F3N3O2/c19-18(20,21)14-4-1-3-13(9-14)10-16(25)23-7-8-24(17(26)12-23)15-5-2-6-22-11-15/h1-6,9,11H,7-8,10,12H2. The summed E-state index contributed by atoms with van der Waals surface area (Å²) in [5.41, 5.74) is 0.134. The minimum Gasteiger partial charge on any atom is -0.331 e. The van der Waals surface area contributed by atoms with Gasteiger partial charge in [-0.2, -0.15) is 13.2 Å². The smallest absolute Gasteiger partial charge is 0.331 e. The number of anilines is 1. The molecule has 1 aliphatic heterocycles. The van der Waals surface area contributed by atoms with Crippen LogP contribution < -0.4 is 4.90 Å². The summed E-state index contributed by atoms with van der Waals surface area (Å²) in [6.45, 7) is 0.532. The third-order valence-corrected chi connectivity index (χ3v) is 4.14.